The molecule has 0 saturated carbocycles. The van der Waals surface area contributed by atoms with Gasteiger partial charge in [0.15, 0.2) is 5.82 Å². The lowest BCUT2D eigenvalue weighted by Gasteiger charge is -2.39. The average Bonchev–Trinajstić information content (AvgIpc) is 2.64. The van der Waals surface area contributed by atoms with E-state index < -0.39 is 36.7 Å². The molecule has 0 radical (unpaired) electrons. The molecule has 3 rings (SSSR count). The summed E-state index contributed by atoms with van der Waals surface area (Å²) >= 11 is 0. The Morgan fingerprint density at radius 1 is 1.22 bits per heavy atom. The summed E-state index contributed by atoms with van der Waals surface area (Å²) in [6.45, 7) is 1.64. The molecule has 2 aliphatic rings. The molecule has 150 valence electrons. The smallest absolute Gasteiger partial charge is 0.383 e. The van der Waals surface area contributed by atoms with Crippen molar-refractivity contribution in [2.24, 2.45) is 0 Å². The molecule has 12 heteroatoms. The highest BCUT2D eigenvalue weighted by Crippen LogP contribution is 2.22. The molecule has 0 amide bonds. The monoisotopic (exact) mass is 385 g/mol. The third kappa shape index (κ3) is 3.83. The lowest BCUT2D eigenvalue weighted by Crippen LogP contribution is -2.67. The van der Waals surface area contributed by atoms with E-state index in [0.29, 0.717) is 5.82 Å². The summed E-state index contributed by atoms with van der Waals surface area (Å²) in [5.74, 6) is -1.33. The summed E-state index contributed by atoms with van der Waals surface area (Å²) in [6.07, 6.45) is -5.87. The molecular formula is C15H23N5O7. The van der Waals surface area contributed by atoms with Gasteiger partial charge in [0.25, 0.3) is 6.29 Å². The van der Waals surface area contributed by atoms with E-state index in [-0.39, 0.29) is 11.8 Å². The Bertz CT molecular complexity index is 676. The van der Waals surface area contributed by atoms with Crippen molar-refractivity contribution in [3.05, 3.63) is 6.07 Å². The van der Waals surface area contributed by atoms with Gasteiger partial charge in [-0.3, -0.25) is 0 Å². The number of rotatable bonds is 4. The Morgan fingerprint density at radius 3 is 2.48 bits per heavy atom. The van der Waals surface area contributed by atoms with Crippen LogP contribution in [0.5, 0.6) is 0 Å². The maximum Gasteiger partial charge on any atom is 0.383 e. The molecule has 5 atom stereocenters. The van der Waals surface area contributed by atoms with Crippen molar-refractivity contribution >= 4 is 23.6 Å². The normalized spacial score (nSPS) is 31.5. The predicted octanol–water partition coefficient (Wildman–Crippen LogP) is -4.49. The first-order valence-corrected chi connectivity index (χ1v) is 8.60. The second-order valence-electron chi connectivity index (χ2n) is 6.56. The minimum absolute atomic E-state index is 0.0319. The number of nitrogens with zero attached hydrogens (tertiary/aromatic N) is 3. The van der Waals surface area contributed by atoms with Crippen LogP contribution in [0.25, 0.3) is 0 Å². The van der Waals surface area contributed by atoms with Crippen LogP contribution in [0.1, 0.15) is 19.3 Å². The number of carbonyl (C=O) groups excluding carboxylic acids is 1. The number of nitrogens with two attached hydrogens (primary N) is 2. The fraction of sp³-hybridized carbons (Fsp3) is 0.667. The summed E-state index contributed by atoms with van der Waals surface area (Å²) in [5.41, 5.74) is 11.9. The topological polar surface area (TPSA) is 191 Å². The first kappa shape index (κ1) is 19.4. The number of ether oxygens (including phenoxy) is 1. The van der Waals surface area contributed by atoms with Gasteiger partial charge in [0.2, 0.25) is 5.82 Å². The number of aliphatic hydroxyl groups excluding tert-OH is 3. The van der Waals surface area contributed by atoms with E-state index in [1.807, 2.05) is 4.90 Å². The number of carboxylic acid groups (broad SMARTS) is 1. The third-order valence-corrected chi connectivity index (χ3v) is 4.64. The average molecular weight is 385 g/mol. The molecule has 0 aromatic carbocycles. The molecule has 7 N–H and O–H groups in total. The molecule has 2 fully saturated rings. The second kappa shape index (κ2) is 7.68. The maximum atomic E-state index is 11.1. The number of nitrogen functional groups attached to an aromatic ring is 2. The molecular weight excluding hydrogens is 362 g/mol. The van der Waals surface area contributed by atoms with Gasteiger partial charge in [-0.2, -0.15) is 0 Å². The van der Waals surface area contributed by atoms with Gasteiger partial charge in [0.1, 0.15) is 24.4 Å². The number of hydrogen-bond donors (Lipinski definition) is 5. The van der Waals surface area contributed by atoms with Crippen molar-refractivity contribution in [2.75, 3.05) is 29.5 Å². The lowest BCUT2D eigenvalue weighted by atomic mass is 9.99. The maximum absolute atomic E-state index is 11.1. The number of hydrogen-bond acceptors (Lipinski definition) is 11. The number of carboxylic acids is 1. The quantitative estimate of drug-likeness (QED) is 0.314. The summed E-state index contributed by atoms with van der Waals surface area (Å²) < 4.78 is 5.85. The SMILES string of the molecule is Nc1cc(N2CCCCC2)nc(N)[n+]1O[C@@H]1O[C@H](C(=O)[O-])[C@@H](O)[C@H](O)[C@H]1O. The molecule has 27 heavy (non-hydrogen) atoms. The van der Waals surface area contributed by atoms with E-state index in [1.165, 1.54) is 6.07 Å². The Kier molecular flexibility index (Phi) is 5.51. The van der Waals surface area contributed by atoms with Crippen molar-refractivity contribution in [1.29, 1.82) is 0 Å². The number of aromatic nitrogens is 2. The molecule has 0 unspecified atom stereocenters. The molecule has 0 spiro atoms. The van der Waals surface area contributed by atoms with Crippen molar-refractivity contribution in [3.63, 3.8) is 0 Å². The van der Waals surface area contributed by atoms with Crippen molar-refractivity contribution in [1.82, 2.24) is 4.98 Å². The minimum Gasteiger partial charge on any atom is -0.547 e. The number of anilines is 3. The van der Waals surface area contributed by atoms with E-state index in [9.17, 15) is 25.2 Å². The Hall–Kier alpha value is -2.41. The van der Waals surface area contributed by atoms with Crippen LogP contribution in [0.3, 0.4) is 0 Å². The van der Waals surface area contributed by atoms with Crippen molar-refractivity contribution in [3.8, 4) is 0 Å². The van der Waals surface area contributed by atoms with E-state index in [0.717, 1.165) is 37.1 Å². The Balaban J connectivity index is 1.81. The summed E-state index contributed by atoms with van der Waals surface area (Å²) in [5, 5.41) is 40.6. The highest BCUT2D eigenvalue weighted by atomic mass is 16.8. The molecule has 0 aliphatic carbocycles. The highest BCUT2D eigenvalue weighted by molar-refractivity contribution is 5.71. The standard InChI is InChI=1S/C15H23N5O7/c16-7-6-8(19-4-2-1-3-5-19)18-15(17)20(7)27-14-11(23)9(21)10(22)12(26-14)13(24)25/h6,9-12,14,21-23H,1-5H2,(H4,16,17,18,24,25)/t9-,10-,11+,12-,14-/m0/s1. The van der Waals surface area contributed by atoms with E-state index in [4.69, 9.17) is 21.0 Å². The van der Waals surface area contributed by atoms with Gasteiger partial charge >= 0.3 is 5.95 Å². The van der Waals surface area contributed by atoms with Crippen LogP contribution in [0, 0.1) is 0 Å². The van der Waals surface area contributed by atoms with E-state index in [2.05, 4.69) is 4.98 Å². The fourth-order valence-corrected chi connectivity index (χ4v) is 3.15. The van der Waals surface area contributed by atoms with Gasteiger partial charge in [-0.25, -0.2) is 0 Å². The molecule has 0 bridgehead atoms. The van der Waals surface area contributed by atoms with Crippen LogP contribution in [-0.4, -0.2) is 70.1 Å². The molecule has 12 nitrogen and oxygen atoms in total. The number of carbonyl (C=O) groups is 1. The van der Waals surface area contributed by atoms with E-state index in [1.54, 1.807) is 0 Å². The molecule has 1 aromatic rings. The zero-order valence-electron chi connectivity index (χ0n) is 14.5. The zero-order valence-corrected chi connectivity index (χ0v) is 14.5. The van der Waals surface area contributed by atoms with Crippen LogP contribution in [-0.2, 0) is 9.53 Å². The van der Waals surface area contributed by atoms with Crippen LogP contribution < -0.4 is 31.0 Å². The van der Waals surface area contributed by atoms with Crippen LogP contribution >= 0.6 is 0 Å². The highest BCUT2D eigenvalue weighted by Gasteiger charge is 2.46. The fourth-order valence-electron chi connectivity index (χ4n) is 3.15. The van der Waals surface area contributed by atoms with Crippen LogP contribution in [0.2, 0.25) is 0 Å². The summed E-state index contributed by atoms with van der Waals surface area (Å²) in [6, 6.07) is 1.53. The van der Waals surface area contributed by atoms with Gasteiger partial charge < -0.3 is 51.2 Å². The number of aliphatic carboxylic acids is 1. The summed E-state index contributed by atoms with van der Waals surface area (Å²) in [7, 11) is 0. The van der Waals surface area contributed by atoms with Gasteiger partial charge in [-0.05, 0) is 24.0 Å². The second-order valence-corrected chi connectivity index (χ2v) is 6.56. The Morgan fingerprint density at radius 2 is 1.89 bits per heavy atom. The van der Waals surface area contributed by atoms with Crippen LogP contribution in [0.4, 0.5) is 17.6 Å². The third-order valence-electron chi connectivity index (χ3n) is 4.64. The largest absolute Gasteiger partial charge is 0.547 e. The lowest BCUT2D eigenvalue weighted by molar-refractivity contribution is -0.889. The molecule has 3 heterocycles. The van der Waals surface area contributed by atoms with Crippen molar-refractivity contribution < 1.29 is 39.5 Å². The van der Waals surface area contributed by atoms with Gasteiger partial charge in [-0.1, -0.05) is 4.98 Å². The molecule has 1 aromatic heterocycles. The number of aliphatic hydroxyl groups is 3. The first-order chi connectivity index (χ1) is 12.8. The van der Waals surface area contributed by atoms with Gasteiger partial charge in [0.05, 0.1) is 12.0 Å². The molecule has 2 aliphatic heterocycles. The van der Waals surface area contributed by atoms with Gasteiger partial charge in [0, 0.05) is 13.1 Å². The number of piperidine rings is 1. The minimum atomic E-state index is -1.91. The molecule has 2 saturated heterocycles. The zero-order chi connectivity index (χ0) is 19.7. The predicted molar refractivity (Wildman–Crippen MR) is 87.6 cm³/mol. The van der Waals surface area contributed by atoms with Crippen LogP contribution in [0.15, 0.2) is 6.07 Å². The first-order valence-electron chi connectivity index (χ1n) is 8.60. The van der Waals surface area contributed by atoms with Crippen molar-refractivity contribution in [2.45, 2.75) is 50.0 Å². The van der Waals surface area contributed by atoms with Gasteiger partial charge in [-0.15, -0.1) is 0 Å². The van der Waals surface area contributed by atoms with E-state index >= 15 is 0 Å². The summed E-state index contributed by atoms with van der Waals surface area (Å²) in [4.78, 5) is 22.6. The Labute approximate surface area is 154 Å².